The summed E-state index contributed by atoms with van der Waals surface area (Å²) in [7, 11) is 1.94. The standard InChI is InChI=1S/C15H16N4/c1-11(17)14-4-3-9-18-15(14)19(2)13-7-5-12(10-16)6-8-13/h3-9,11H,17H2,1-2H3. The molecule has 0 fully saturated rings. The number of nitrogens with two attached hydrogens (primary N) is 1. The highest BCUT2D eigenvalue weighted by Crippen LogP contribution is 2.27. The van der Waals surface area contributed by atoms with E-state index in [0.717, 1.165) is 17.1 Å². The molecule has 0 saturated heterocycles. The van der Waals surface area contributed by atoms with Gasteiger partial charge in [-0.3, -0.25) is 0 Å². The molecule has 1 aromatic heterocycles. The minimum Gasteiger partial charge on any atom is -0.329 e. The zero-order valence-electron chi connectivity index (χ0n) is 11.0. The van der Waals surface area contributed by atoms with Gasteiger partial charge in [0.05, 0.1) is 11.6 Å². The Labute approximate surface area is 113 Å². The Bertz CT molecular complexity index is 596. The number of hydrogen-bond donors (Lipinski definition) is 1. The van der Waals surface area contributed by atoms with E-state index in [-0.39, 0.29) is 6.04 Å². The molecular weight excluding hydrogens is 236 g/mol. The molecule has 96 valence electrons. The maximum absolute atomic E-state index is 8.81. The lowest BCUT2D eigenvalue weighted by Gasteiger charge is -2.22. The second-order valence-electron chi connectivity index (χ2n) is 4.42. The monoisotopic (exact) mass is 252 g/mol. The average molecular weight is 252 g/mol. The average Bonchev–Trinajstić information content (AvgIpc) is 2.46. The molecule has 1 atom stereocenters. The third-order valence-corrected chi connectivity index (χ3v) is 3.01. The van der Waals surface area contributed by atoms with Crippen molar-refractivity contribution in [3.05, 3.63) is 53.7 Å². The number of benzene rings is 1. The van der Waals surface area contributed by atoms with Crippen LogP contribution in [0.5, 0.6) is 0 Å². The molecule has 0 saturated carbocycles. The van der Waals surface area contributed by atoms with Crippen LogP contribution in [0.2, 0.25) is 0 Å². The van der Waals surface area contributed by atoms with Crippen LogP contribution >= 0.6 is 0 Å². The second-order valence-corrected chi connectivity index (χ2v) is 4.42. The first-order valence-corrected chi connectivity index (χ1v) is 6.08. The van der Waals surface area contributed by atoms with Gasteiger partial charge in [-0.1, -0.05) is 6.07 Å². The number of nitrogens with zero attached hydrogens (tertiary/aromatic N) is 3. The maximum Gasteiger partial charge on any atom is 0.137 e. The smallest absolute Gasteiger partial charge is 0.137 e. The second kappa shape index (κ2) is 5.51. The molecule has 2 aromatic rings. The zero-order valence-corrected chi connectivity index (χ0v) is 11.0. The number of aromatic nitrogens is 1. The summed E-state index contributed by atoms with van der Waals surface area (Å²) in [5, 5.41) is 8.81. The lowest BCUT2D eigenvalue weighted by molar-refractivity contribution is 0.808. The molecule has 0 aliphatic rings. The van der Waals surface area contributed by atoms with E-state index in [9.17, 15) is 0 Å². The molecule has 0 aliphatic heterocycles. The summed E-state index contributed by atoms with van der Waals surface area (Å²) in [5.74, 6) is 0.835. The summed E-state index contributed by atoms with van der Waals surface area (Å²) >= 11 is 0. The Morgan fingerprint density at radius 2 is 1.95 bits per heavy atom. The van der Waals surface area contributed by atoms with E-state index < -0.39 is 0 Å². The third-order valence-electron chi connectivity index (χ3n) is 3.01. The van der Waals surface area contributed by atoms with Crippen LogP contribution in [0.25, 0.3) is 0 Å². The Balaban J connectivity index is 2.38. The molecule has 0 bridgehead atoms. The Kier molecular flexibility index (Phi) is 3.79. The quantitative estimate of drug-likeness (QED) is 0.912. The van der Waals surface area contributed by atoms with E-state index in [4.69, 9.17) is 11.0 Å². The van der Waals surface area contributed by atoms with Gasteiger partial charge in [0, 0.05) is 30.5 Å². The van der Waals surface area contributed by atoms with Crippen molar-refractivity contribution < 1.29 is 0 Å². The zero-order chi connectivity index (χ0) is 13.8. The van der Waals surface area contributed by atoms with Crippen molar-refractivity contribution in [2.45, 2.75) is 13.0 Å². The SMILES string of the molecule is CC(N)c1cccnc1N(C)c1ccc(C#N)cc1. The highest BCUT2D eigenvalue weighted by atomic mass is 15.2. The van der Waals surface area contributed by atoms with Gasteiger partial charge >= 0.3 is 0 Å². The fourth-order valence-electron chi connectivity index (χ4n) is 1.93. The van der Waals surface area contributed by atoms with Gasteiger partial charge in [0.15, 0.2) is 0 Å². The number of anilines is 2. The predicted molar refractivity (Wildman–Crippen MR) is 76.1 cm³/mol. The van der Waals surface area contributed by atoms with Gasteiger partial charge in [-0.15, -0.1) is 0 Å². The van der Waals surface area contributed by atoms with E-state index in [2.05, 4.69) is 11.1 Å². The summed E-state index contributed by atoms with van der Waals surface area (Å²) in [4.78, 5) is 6.37. The van der Waals surface area contributed by atoms with Crippen LogP contribution in [0.15, 0.2) is 42.6 Å². The third kappa shape index (κ3) is 2.72. The van der Waals surface area contributed by atoms with Crippen LogP contribution in [-0.4, -0.2) is 12.0 Å². The first-order valence-electron chi connectivity index (χ1n) is 6.08. The summed E-state index contributed by atoms with van der Waals surface area (Å²) in [6, 6.07) is 13.3. The van der Waals surface area contributed by atoms with Gasteiger partial charge in [-0.2, -0.15) is 5.26 Å². The number of rotatable bonds is 3. The first-order chi connectivity index (χ1) is 9.13. The number of pyridine rings is 1. The highest BCUT2D eigenvalue weighted by molar-refractivity contribution is 5.63. The van der Waals surface area contributed by atoms with Crippen LogP contribution in [0.1, 0.15) is 24.1 Å². The van der Waals surface area contributed by atoms with Gasteiger partial charge in [-0.05, 0) is 37.3 Å². The molecule has 0 amide bonds. The van der Waals surface area contributed by atoms with Crippen molar-refractivity contribution in [2.75, 3.05) is 11.9 Å². The lowest BCUT2D eigenvalue weighted by Crippen LogP contribution is -2.17. The summed E-state index contributed by atoms with van der Waals surface area (Å²) in [6.07, 6.45) is 1.75. The lowest BCUT2D eigenvalue weighted by atomic mass is 10.1. The molecule has 4 heteroatoms. The van der Waals surface area contributed by atoms with Crippen molar-refractivity contribution in [1.82, 2.24) is 4.98 Å². The van der Waals surface area contributed by atoms with Gasteiger partial charge in [-0.25, -0.2) is 4.98 Å². The van der Waals surface area contributed by atoms with Gasteiger partial charge in [0.25, 0.3) is 0 Å². The first kappa shape index (κ1) is 13.1. The van der Waals surface area contributed by atoms with Crippen LogP contribution in [0.4, 0.5) is 11.5 Å². The van der Waals surface area contributed by atoms with Gasteiger partial charge in [0.2, 0.25) is 0 Å². The number of nitriles is 1. The van der Waals surface area contributed by atoms with Crippen molar-refractivity contribution >= 4 is 11.5 Å². The van der Waals surface area contributed by atoms with Crippen molar-refractivity contribution in [3.8, 4) is 6.07 Å². The highest BCUT2D eigenvalue weighted by Gasteiger charge is 2.12. The molecule has 0 spiro atoms. The molecule has 0 aliphatic carbocycles. The summed E-state index contributed by atoms with van der Waals surface area (Å²) in [5.41, 5.74) is 8.58. The molecule has 2 N–H and O–H groups in total. The molecule has 2 rings (SSSR count). The van der Waals surface area contributed by atoms with Crippen molar-refractivity contribution in [3.63, 3.8) is 0 Å². The minimum atomic E-state index is -0.0791. The van der Waals surface area contributed by atoms with Crippen LogP contribution < -0.4 is 10.6 Å². The summed E-state index contributed by atoms with van der Waals surface area (Å²) < 4.78 is 0. The van der Waals surface area contributed by atoms with E-state index in [1.807, 2.05) is 43.1 Å². The van der Waals surface area contributed by atoms with Crippen molar-refractivity contribution in [1.29, 1.82) is 5.26 Å². The Morgan fingerprint density at radius 3 is 2.53 bits per heavy atom. The van der Waals surface area contributed by atoms with E-state index in [0.29, 0.717) is 5.56 Å². The molecule has 1 heterocycles. The predicted octanol–water partition coefficient (Wildman–Crippen LogP) is 2.74. The molecule has 19 heavy (non-hydrogen) atoms. The van der Waals surface area contributed by atoms with Crippen LogP contribution in [-0.2, 0) is 0 Å². The summed E-state index contributed by atoms with van der Waals surface area (Å²) in [6.45, 7) is 1.94. The van der Waals surface area contributed by atoms with E-state index in [1.165, 1.54) is 0 Å². The number of hydrogen-bond acceptors (Lipinski definition) is 4. The van der Waals surface area contributed by atoms with E-state index in [1.54, 1.807) is 18.3 Å². The molecule has 4 nitrogen and oxygen atoms in total. The van der Waals surface area contributed by atoms with Crippen molar-refractivity contribution in [2.24, 2.45) is 5.73 Å². The topological polar surface area (TPSA) is 65.9 Å². The fourth-order valence-corrected chi connectivity index (χ4v) is 1.93. The molecule has 1 unspecified atom stereocenters. The van der Waals surface area contributed by atoms with Gasteiger partial charge < -0.3 is 10.6 Å². The molecule has 1 aromatic carbocycles. The van der Waals surface area contributed by atoms with E-state index >= 15 is 0 Å². The van der Waals surface area contributed by atoms with Gasteiger partial charge in [0.1, 0.15) is 5.82 Å². The molecular formula is C15H16N4. The fraction of sp³-hybridized carbons (Fsp3) is 0.200. The maximum atomic E-state index is 8.81. The normalized spacial score (nSPS) is 11.7. The van der Waals surface area contributed by atoms with Crippen LogP contribution in [0, 0.1) is 11.3 Å². The largest absolute Gasteiger partial charge is 0.329 e. The Morgan fingerprint density at radius 1 is 1.26 bits per heavy atom. The molecule has 0 radical (unpaired) electrons. The Hall–Kier alpha value is -2.38. The van der Waals surface area contributed by atoms with Crippen LogP contribution in [0.3, 0.4) is 0 Å². The minimum absolute atomic E-state index is 0.0791.